The van der Waals surface area contributed by atoms with Crippen molar-refractivity contribution >= 4 is 0 Å². The van der Waals surface area contributed by atoms with Gasteiger partial charge in [0.05, 0.1) is 0 Å². The molecule has 62 valence electrons. The molecule has 3 heteroatoms. The van der Waals surface area contributed by atoms with Crippen molar-refractivity contribution in [2.45, 2.75) is 37.6 Å². The predicted octanol–water partition coefficient (Wildman–Crippen LogP) is 2.15. The fraction of sp³-hybridized carbons (Fsp3) is 0.750. The molecule has 0 N–H and O–H groups in total. The van der Waals surface area contributed by atoms with E-state index in [1.165, 1.54) is 6.08 Å². The maximum Gasteiger partial charge on any atom is 0.240 e. The van der Waals surface area contributed by atoms with E-state index in [-0.39, 0.29) is 4.92 Å². The van der Waals surface area contributed by atoms with Gasteiger partial charge in [-0.15, -0.1) is 0 Å². The molecule has 11 heavy (non-hydrogen) atoms. The van der Waals surface area contributed by atoms with Crippen LogP contribution in [0.4, 0.5) is 0 Å². The SMILES string of the molecule is C=CC1([N+](=O)[O-])CCCCC1. The van der Waals surface area contributed by atoms with Crippen LogP contribution in [0.2, 0.25) is 0 Å². The molecule has 0 aromatic rings. The second-order valence-corrected chi connectivity index (χ2v) is 3.13. The van der Waals surface area contributed by atoms with E-state index < -0.39 is 5.54 Å². The first-order chi connectivity index (χ1) is 5.21. The lowest BCUT2D eigenvalue weighted by molar-refractivity contribution is -0.559. The van der Waals surface area contributed by atoms with Gasteiger partial charge in [0.1, 0.15) is 0 Å². The Morgan fingerprint density at radius 2 is 1.91 bits per heavy atom. The monoisotopic (exact) mass is 155 g/mol. The Morgan fingerprint density at radius 3 is 2.18 bits per heavy atom. The lowest BCUT2D eigenvalue weighted by Crippen LogP contribution is -2.37. The van der Waals surface area contributed by atoms with Crippen LogP contribution in [0.1, 0.15) is 32.1 Å². The lowest BCUT2D eigenvalue weighted by atomic mass is 9.82. The minimum Gasteiger partial charge on any atom is -0.264 e. The third-order valence-electron chi connectivity index (χ3n) is 2.46. The van der Waals surface area contributed by atoms with E-state index in [1.54, 1.807) is 0 Å². The molecular formula is C8H13NO2. The van der Waals surface area contributed by atoms with E-state index in [4.69, 9.17) is 0 Å². The number of hydrogen-bond acceptors (Lipinski definition) is 2. The van der Waals surface area contributed by atoms with Gasteiger partial charge < -0.3 is 0 Å². The van der Waals surface area contributed by atoms with Gasteiger partial charge in [-0.1, -0.05) is 13.0 Å². The van der Waals surface area contributed by atoms with Crippen LogP contribution in [0.3, 0.4) is 0 Å². The Labute approximate surface area is 66.3 Å². The van der Waals surface area contributed by atoms with Crippen LogP contribution in [-0.4, -0.2) is 10.5 Å². The lowest BCUT2D eigenvalue weighted by Gasteiger charge is -2.25. The summed E-state index contributed by atoms with van der Waals surface area (Å²) in [5.74, 6) is 0. The second kappa shape index (κ2) is 3.03. The summed E-state index contributed by atoms with van der Waals surface area (Å²) in [6.45, 7) is 3.54. The maximum absolute atomic E-state index is 10.6. The molecule has 0 radical (unpaired) electrons. The van der Waals surface area contributed by atoms with E-state index in [9.17, 15) is 10.1 Å². The fourth-order valence-corrected chi connectivity index (χ4v) is 1.63. The first kappa shape index (κ1) is 8.24. The van der Waals surface area contributed by atoms with Crippen LogP contribution < -0.4 is 0 Å². The van der Waals surface area contributed by atoms with Gasteiger partial charge in [0.25, 0.3) is 0 Å². The van der Waals surface area contributed by atoms with Crippen molar-refractivity contribution in [1.82, 2.24) is 0 Å². The Hall–Kier alpha value is -0.860. The summed E-state index contributed by atoms with van der Waals surface area (Å²) in [5.41, 5.74) is -0.793. The largest absolute Gasteiger partial charge is 0.264 e. The van der Waals surface area contributed by atoms with Gasteiger partial charge in [-0.25, -0.2) is 0 Å². The van der Waals surface area contributed by atoms with E-state index in [0.29, 0.717) is 12.8 Å². The van der Waals surface area contributed by atoms with Gasteiger partial charge in [-0.05, 0) is 18.9 Å². The molecule has 0 saturated heterocycles. The fourth-order valence-electron chi connectivity index (χ4n) is 1.63. The minimum absolute atomic E-state index is 0.181. The van der Waals surface area contributed by atoms with Crippen LogP contribution in [0, 0.1) is 10.1 Å². The van der Waals surface area contributed by atoms with Crippen molar-refractivity contribution in [3.05, 3.63) is 22.8 Å². The van der Waals surface area contributed by atoms with Crippen molar-refractivity contribution in [2.75, 3.05) is 0 Å². The normalized spacial score (nSPS) is 22.5. The Kier molecular flexibility index (Phi) is 2.27. The Morgan fingerprint density at radius 1 is 1.36 bits per heavy atom. The molecule has 0 aliphatic heterocycles. The summed E-state index contributed by atoms with van der Waals surface area (Å²) < 4.78 is 0. The molecule has 1 rings (SSSR count). The average Bonchev–Trinajstić information content (AvgIpc) is 2.05. The summed E-state index contributed by atoms with van der Waals surface area (Å²) in [6, 6.07) is 0. The third-order valence-corrected chi connectivity index (χ3v) is 2.46. The number of hydrogen-bond donors (Lipinski definition) is 0. The van der Waals surface area contributed by atoms with Crippen molar-refractivity contribution in [2.24, 2.45) is 0 Å². The van der Waals surface area contributed by atoms with Crippen molar-refractivity contribution < 1.29 is 4.92 Å². The van der Waals surface area contributed by atoms with Crippen molar-refractivity contribution in [3.8, 4) is 0 Å². The van der Waals surface area contributed by atoms with Gasteiger partial charge in [0.15, 0.2) is 0 Å². The summed E-state index contributed by atoms with van der Waals surface area (Å²) in [4.78, 5) is 10.5. The molecule has 1 fully saturated rings. The van der Waals surface area contributed by atoms with Crippen molar-refractivity contribution in [1.29, 1.82) is 0 Å². The van der Waals surface area contributed by atoms with Crippen molar-refractivity contribution in [3.63, 3.8) is 0 Å². The summed E-state index contributed by atoms with van der Waals surface area (Å²) in [5, 5.41) is 10.6. The van der Waals surface area contributed by atoms with Gasteiger partial charge in [-0.3, -0.25) is 10.1 Å². The zero-order valence-corrected chi connectivity index (χ0v) is 6.58. The van der Waals surface area contributed by atoms with Crippen LogP contribution >= 0.6 is 0 Å². The molecule has 1 aliphatic carbocycles. The molecule has 0 bridgehead atoms. The number of nitro groups is 1. The standard InChI is InChI=1S/C8H13NO2/c1-2-8(9(10)11)6-4-3-5-7-8/h2H,1,3-7H2. The molecule has 0 heterocycles. The van der Waals surface area contributed by atoms with E-state index in [0.717, 1.165) is 19.3 Å². The highest BCUT2D eigenvalue weighted by Gasteiger charge is 2.40. The molecule has 1 aliphatic rings. The smallest absolute Gasteiger partial charge is 0.240 e. The first-order valence-corrected chi connectivity index (χ1v) is 3.99. The highest BCUT2D eigenvalue weighted by molar-refractivity contribution is 4.97. The third kappa shape index (κ3) is 1.42. The van der Waals surface area contributed by atoms with Crippen LogP contribution in [0.5, 0.6) is 0 Å². The molecular weight excluding hydrogens is 142 g/mol. The molecule has 0 spiro atoms. The minimum atomic E-state index is -0.793. The zero-order chi connectivity index (χ0) is 8.32. The molecule has 1 saturated carbocycles. The van der Waals surface area contributed by atoms with Gasteiger partial charge in [-0.2, -0.15) is 0 Å². The molecule has 0 aromatic heterocycles. The van der Waals surface area contributed by atoms with Gasteiger partial charge in [0, 0.05) is 17.8 Å². The average molecular weight is 155 g/mol. The highest BCUT2D eigenvalue weighted by Crippen LogP contribution is 2.31. The Balaban J connectivity index is 2.72. The Bertz CT molecular complexity index is 171. The van der Waals surface area contributed by atoms with Crippen LogP contribution in [0.15, 0.2) is 12.7 Å². The number of nitrogens with zero attached hydrogens (tertiary/aromatic N) is 1. The number of rotatable bonds is 2. The molecule has 3 nitrogen and oxygen atoms in total. The molecule has 0 aromatic carbocycles. The van der Waals surface area contributed by atoms with Crippen LogP contribution in [-0.2, 0) is 0 Å². The maximum atomic E-state index is 10.6. The predicted molar refractivity (Wildman–Crippen MR) is 43.0 cm³/mol. The van der Waals surface area contributed by atoms with E-state index in [2.05, 4.69) is 6.58 Å². The van der Waals surface area contributed by atoms with Gasteiger partial charge >= 0.3 is 0 Å². The van der Waals surface area contributed by atoms with Gasteiger partial charge in [0.2, 0.25) is 5.54 Å². The summed E-state index contributed by atoms with van der Waals surface area (Å²) >= 11 is 0. The topological polar surface area (TPSA) is 43.1 Å². The molecule has 0 atom stereocenters. The first-order valence-electron chi connectivity index (χ1n) is 3.99. The summed E-state index contributed by atoms with van der Waals surface area (Å²) in [6.07, 6.45) is 5.91. The second-order valence-electron chi connectivity index (χ2n) is 3.13. The van der Waals surface area contributed by atoms with E-state index >= 15 is 0 Å². The molecule has 0 unspecified atom stereocenters. The molecule has 0 amide bonds. The highest BCUT2D eigenvalue weighted by atomic mass is 16.6. The van der Waals surface area contributed by atoms with Crippen LogP contribution in [0.25, 0.3) is 0 Å². The summed E-state index contributed by atoms with van der Waals surface area (Å²) in [7, 11) is 0. The quantitative estimate of drug-likeness (QED) is 0.348. The zero-order valence-electron chi connectivity index (χ0n) is 6.58. The van der Waals surface area contributed by atoms with E-state index in [1.807, 2.05) is 0 Å².